The van der Waals surface area contributed by atoms with E-state index in [4.69, 9.17) is 14.0 Å². The maximum atomic E-state index is 5.45. The number of pyridine rings is 1. The zero-order chi connectivity index (χ0) is 20.1. The van der Waals surface area contributed by atoms with E-state index >= 15 is 0 Å². The number of methoxy groups -OCH3 is 2. The standard InChI is InChI=1S/C22H26N4O3/c1-27-15-17-4-3-11-26(14-17)21-10-7-18(13-23-21)22-24-20(25-29-22)12-16-5-8-19(28-2)9-6-16/h5-10,13,17H,3-4,11-12,14-15H2,1-2H3. The van der Waals surface area contributed by atoms with Crippen molar-refractivity contribution < 1.29 is 14.0 Å². The molecule has 2 aromatic heterocycles. The van der Waals surface area contributed by atoms with Crippen molar-refractivity contribution in [3.05, 3.63) is 54.0 Å². The van der Waals surface area contributed by atoms with Crippen molar-refractivity contribution in [1.82, 2.24) is 15.1 Å². The highest BCUT2D eigenvalue weighted by Crippen LogP contribution is 2.24. The maximum absolute atomic E-state index is 5.45. The molecule has 152 valence electrons. The monoisotopic (exact) mass is 394 g/mol. The summed E-state index contributed by atoms with van der Waals surface area (Å²) >= 11 is 0. The molecule has 1 atom stereocenters. The highest BCUT2D eigenvalue weighted by Gasteiger charge is 2.21. The van der Waals surface area contributed by atoms with Crippen LogP contribution in [-0.2, 0) is 11.2 Å². The van der Waals surface area contributed by atoms with Crippen LogP contribution < -0.4 is 9.64 Å². The second kappa shape index (κ2) is 9.05. The Morgan fingerprint density at radius 2 is 2.00 bits per heavy atom. The van der Waals surface area contributed by atoms with Gasteiger partial charge in [-0.2, -0.15) is 4.98 Å². The number of nitrogens with zero attached hydrogens (tertiary/aromatic N) is 4. The van der Waals surface area contributed by atoms with Gasteiger partial charge in [-0.05, 0) is 48.6 Å². The molecule has 0 radical (unpaired) electrons. The number of benzene rings is 1. The molecule has 1 aromatic carbocycles. The van der Waals surface area contributed by atoms with Gasteiger partial charge in [-0.3, -0.25) is 0 Å². The Labute approximate surface area is 170 Å². The van der Waals surface area contributed by atoms with E-state index in [0.29, 0.717) is 24.1 Å². The lowest BCUT2D eigenvalue weighted by Gasteiger charge is -2.33. The van der Waals surface area contributed by atoms with Gasteiger partial charge in [-0.15, -0.1) is 0 Å². The van der Waals surface area contributed by atoms with Gasteiger partial charge in [-0.1, -0.05) is 17.3 Å². The molecule has 0 saturated carbocycles. The molecule has 1 saturated heterocycles. The molecule has 0 aliphatic carbocycles. The van der Waals surface area contributed by atoms with E-state index in [0.717, 1.165) is 48.8 Å². The number of piperidine rings is 1. The molecule has 1 unspecified atom stereocenters. The third-order valence-electron chi connectivity index (χ3n) is 5.23. The van der Waals surface area contributed by atoms with Gasteiger partial charge < -0.3 is 18.9 Å². The van der Waals surface area contributed by atoms with Crippen molar-refractivity contribution >= 4 is 5.82 Å². The van der Waals surface area contributed by atoms with E-state index < -0.39 is 0 Å². The number of hydrogen-bond donors (Lipinski definition) is 0. The summed E-state index contributed by atoms with van der Waals surface area (Å²) in [5.41, 5.74) is 1.93. The first-order chi connectivity index (χ1) is 14.2. The van der Waals surface area contributed by atoms with Crippen LogP contribution in [0.15, 0.2) is 47.1 Å². The quantitative estimate of drug-likeness (QED) is 0.606. The largest absolute Gasteiger partial charge is 0.497 e. The smallest absolute Gasteiger partial charge is 0.259 e. The molecule has 7 heteroatoms. The first kappa shape index (κ1) is 19.4. The van der Waals surface area contributed by atoms with Crippen molar-refractivity contribution in [1.29, 1.82) is 0 Å². The number of hydrogen-bond acceptors (Lipinski definition) is 7. The molecule has 1 aliphatic heterocycles. The predicted molar refractivity (Wildman–Crippen MR) is 110 cm³/mol. The van der Waals surface area contributed by atoms with Crippen molar-refractivity contribution in [2.45, 2.75) is 19.3 Å². The van der Waals surface area contributed by atoms with Gasteiger partial charge in [0, 0.05) is 32.8 Å². The van der Waals surface area contributed by atoms with E-state index in [1.165, 1.54) is 6.42 Å². The van der Waals surface area contributed by atoms with Crippen molar-refractivity contribution in [3.63, 3.8) is 0 Å². The van der Waals surface area contributed by atoms with Crippen LogP contribution in [0.5, 0.6) is 5.75 Å². The van der Waals surface area contributed by atoms with Crippen LogP contribution in [0, 0.1) is 5.92 Å². The van der Waals surface area contributed by atoms with Crippen LogP contribution in [-0.4, -0.2) is 49.0 Å². The Morgan fingerprint density at radius 1 is 1.14 bits per heavy atom. The van der Waals surface area contributed by atoms with E-state index in [2.05, 4.69) is 20.0 Å². The molecule has 7 nitrogen and oxygen atoms in total. The van der Waals surface area contributed by atoms with E-state index in [9.17, 15) is 0 Å². The van der Waals surface area contributed by atoms with E-state index in [1.807, 2.05) is 36.4 Å². The normalized spacial score (nSPS) is 16.8. The third kappa shape index (κ3) is 4.74. The molecule has 1 aliphatic rings. The fourth-order valence-corrected chi connectivity index (χ4v) is 3.71. The number of ether oxygens (including phenoxy) is 2. The zero-order valence-corrected chi connectivity index (χ0v) is 16.9. The SMILES string of the molecule is COCC1CCCN(c2ccc(-c3nc(Cc4ccc(OC)cc4)no3)cn2)C1. The summed E-state index contributed by atoms with van der Waals surface area (Å²) in [6.07, 6.45) is 4.78. The number of rotatable bonds is 7. The molecule has 1 fully saturated rings. The average molecular weight is 394 g/mol. The summed E-state index contributed by atoms with van der Waals surface area (Å²) in [7, 11) is 3.42. The topological polar surface area (TPSA) is 73.5 Å². The third-order valence-corrected chi connectivity index (χ3v) is 5.23. The second-order valence-corrected chi connectivity index (χ2v) is 7.36. The molecule has 3 aromatic rings. The Morgan fingerprint density at radius 3 is 2.72 bits per heavy atom. The lowest BCUT2D eigenvalue weighted by Crippen LogP contribution is -2.37. The van der Waals surface area contributed by atoms with Gasteiger partial charge in [0.15, 0.2) is 5.82 Å². The lowest BCUT2D eigenvalue weighted by molar-refractivity contribution is 0.143. The van der Waals surface area contributed by atoms with Crippen LogP contribution in [0.2, 0.25) is 0 Å². The summed E-state index contributed by atoms with van der Waals surface area (Å²) in [6.45, 7) is 2.80. The molecule has 29 heavy (non-hydrogen) atoms. The van der Waals surface area contributed by atoms with Crippen LogP contribution in [0.25, 0.3) is 11.5 Å². The maximum Gasteiger partial charge on any atom is 0.259 e. The molecule has 0 spiro atoms. The molecule has 3 heterocycles. The second-order valence-electron chi connectivity index (χ2n) is 7.36. The van der Waals surface area contributed by atoms with Crippen LogP contribution in [0.3, 0.4) is 0 Å². The first-order valence-corrected chi connectivity index (χ1v) is 9.91. The molecule has 0 amide bonds. The van der Waals surface area contributed by atoms with Gasteiger partial charge >= 0.3 is 0 Å². The zero-order valence-electron chi connectivity index (χ0n) is 16.9. The van der Waals surface area contributed by atoms with Crippen LogP contribution in [0.4, 0.5) is 5.82 Å². The van der Waals surface area contributed by atoms with Gasteiger partial charge in [0.2, 0.25) is 0 Å². The van der Waals surface area contributed by atoms with Crippen molar-refractivity contribution in [2.24, 2.45) is 5.92 Å². The Balaban J connectivity index is 1.41. The van der Waals surface area contributed by atoms with Gasteiger partial charge in [-0.25, -0.2) is 4.98 Å². The Hall–Kier alpha value is -2.93. The first-order valence-electron chi connectivity index (χ1n) is 9.91. The number of aromatic nitrogens is 3. The number of anilines is 1. The van der Waals surface area contributed by atoms with E-state index in [-0.39, 0.29) is 0 Å². The van der Waals surface area contributed by atoms with Crippen molar-refractivity contribution in [3.8, 4) is 17.2 Å². The van der Waals surface area contributed by atoms with Gasteiger partial charge in [0.25, 0.3) is 5.89 Å². The molecular weight excluding hydrogens is 368 g/mol. The minimum absolute atomic E-state index is 0.489. The molecular formula is C22H26N4O3. The summed E-state index contributed by atoms with van der Waals surface area (Å²) in [4.78, 5) is 11.5. The summed E-state index contributed by atoms with van der Waals surface area (Å²) in [5, 5.41) is 4.10. The predicted octanol–water partition coefficient (Wildman–Crippen LogP) is 3.59. The Bertz CT molecular complexity index is 907. The fraction of sp³-hybridized carbons (Fsp3) is 0.409. The lowest BCUT2D eigenvalue weighted by atomic mass is 9.99. The Kier molecular flexibility index (Phi) is 6.05. The minimum atomic E-state index is 0.489. The van der Waals surface area contributed by atoms with Gasteiger partial charge in [0.05, 0.1) is 19.3 Å². The van der Waals surface area contributed by atoms with E-state index in [1.54, 1.807) is 20.4 Å². The minimum Gasteiger partial charge on any atom is -0.497 e. The fourth-order valence-electron chi connectivity index (χ4n) is 3.71. The van der Waals surface area contributed by atoms with Gasteiger partial charge in [0.1, 0.15) is 11.6 Å². The van der Waals surface area contributed by atoms with Crippen LogP contribution in [0.1, 0.15) is 24.2 Å². The summed E-state index contributed by atoms with van der Waals surface area (Å²) in [6, 6.07) is 11.9. The summed E-state index contributed by atoms with van der Waals surface area (Å²) < 4.78 is 16.0. The molecule has 0 bridgehead atoms. The molecule has 0 N–H and O–H groups in total. The molecule has 4 rings (SSSR count). The highest BCUT2D eigenvalue weighted by molar-refractivity contribution is 5.55. The summed E-state index contributed by atoms with van der Waals surface area (Å²) in [5.74, 6) is 3.51. The highest BCUT2D eigenvalue weighted by atomic mass is 16.5. The van der Waals surface area contributed by atoms with Crippen LogP contribution >= 0.6 is 0 Å². The average Bonchev–Trinajstić information content (AvgIpc) is 3.23. The van der Waals surface area contributed by atoms with Crippen molar-refractivity contribution in [2.75, 3.05) is 38.8 Å².